The van der Waals surface area contributed by atoms with Crippen LogP contribution >= 0.6 is 15.9 Å². The Kier molecular flexibility index (Phi) is 7.32. The van der Waals surface area contributed by atoms with Crippen molar-refractivity contribution in [2.45, 2.75) is 32.7 Å². The van der Waals surface area contributed by atoms with Crippen molar-refractivity contribution in [2.75, 3.05) is 19.8 Å². The molecule has 0 aliphatic heterocycles. The topological polar surface area (TPSA) is 44.5 Å². The molecule has 0 bridgehead atoms. The molecule has 18 heavy (non-hydrogen) atoms. The molecule has 0 aromatic heterocycles. The second-order valence-electron chi connectivity index (χ2n) is 4.35. The molecule has 1 aromatic rings. The van der Waals surface area contributed by atoms with Crippen LogP contribution in [-0.2, 0) is 11.2 Å². The van der Waals surface area contributed by atoms with E-state index in [9.17, 15) is 0 Å². The molecule has 0 saturated heterocycles. The lowest BCUT2D eigenvalue weighted by Crippen LogP contribution is -2.17. The van der Waals surface area contributed by atoms with Gasteiger partial charge in [-0.25, -0.2) is 0 Å². The largest absolute Gasteiger partial charge is 0.492 e. The Morgan fingerprint density at radius 1 is 1.33 bits per heavy atom. The summed E-state index contributed by atoms with van der Waals surface area (Å²) >= 11 is 3.52. The summed E-state index contributed by atoms with van der Waals surface area (Å²) in [5.41, 5.74) is 7.00. The Morgan fingerprint density at radius 2 is 2.11 bits per heavy atom. The maximum Gasteiger partial charge on any atom is 0.133 e. The van der Waals surface area contributed by atoms with E-state index in [0.717, 1.165) is 36.3 Å². The number of halogens is 1. The summed E-state index contributed by atoms with van der Waals surface area (Å²) in [6, 6.07) is 6.30. The summed E-state index contributed by atoms with van der Waals surface area (Å²) in [4.78, 5) is 0. The van der Waals surface area contributed by atoms with Crippen molar-refractivity contribution < 1.29 is 9.47 Å². The van der Waals surface area contributed by atoms with Crippen molar-refractivity contribution in [3.8, 4) is 5.75 Å². The Balaban J connectivity index is 2.42. The summed E-state index contributed by atoms with van der Waals surface area (Å²) < 4.78 is 11.9. The van der Waals surface area contributed by atoms with Crippen LogP contribution in [0.15, 0.2) is 22.7 Å². The maximum atomic E-state index is 5.78. The van der Waals surface area contributed by atoms with Gasteiger partial charge in [-0.15, -0.1) is 0 Å². The number of rotatable bonds is 8. The molecule has 1 aromatic carbocycles. The quantitative estimate of drug-likeness (QED) is 0.749. The first-order valence-corrected chi connectivity index (χ1v) is 7.17. The van der Waals surface area contributed by atoms with E-state index < -0.39 is 0 Å². The molecular weight excluding hydrogens is 294 g/mol. The van der Waals surface area contributed by atoms with E-state index in [1.807, 2.05) is 19.9 Å². The van der Waals surface area contributed by atoms with Crippen molar-refractivity contribution in [2.24, 2.45) is 5.73 Å². The van der Waals surface area contributed by atoms with Crippen LogP contribution in [0.1, 0.15) is 25.8 Å². The molecule has 0 saturated carbocycles. The first-order valence-electron chi connectivity index (χ1n) is 6.38. The lowest BCUT2D eigenvalue weighted by Gasteiger charge is -2.11. The van der Waals surface area contributed by atoms with E-state index in [0.29, 0.717) is 6.61 Å². The highest BCUT2D eigenvalue weighted by Crippen LogP contribution is 2.26. The molecule has 0 radical (unpaired) electrons. The van der Waals surface area contributed by atoms with Crippen LogP contribution in [-0.4, -0.2) is 25.9 Å². The molecule has 102 valence electrons. The van der Waals surface area contributed by atoms with Crippen molar-refractivity contribution >= 4 is 15.9 Å². The van der Waals surface area contributed by atoms with Crippen molar-refractivity contribution in [3.63, 3.8) is 0 Å². The molecule has 4 heteroatoms. The number of nitrogens with two attached hydrogens (primary N) is 1. The third-order valence-electron chi connectivity index (χ3n) is 2.45. The zero-order chi connectivity index (χ0) is 13.4. The molecule has 0 fully saturated rings. The highest BCUT2D eigenvalue weighted by molar-refractivity contribution is 9.10. The summed E-state index contributed by atoms with van der Waals surface area (Å²) in [6.45, 7) is 6.18. The molecule has 0 aliphatic rings. The number of hydrogen-bond donors (Lipinski definition) is 1. The van der Waals surface area contributed by atoms with Gasteiger partial charge in [-0.3, -0.25) is 0 Å². The van der Waals surface area contributed by atoms with Crippen molar-refractivity contribution in [1.82, 2.24) is 0 Å². The zero-order valence-electron chi connectivity index (χ0n) is 11.1. The van der Waals surface area contributed by atoms with E-state index in [1.54, 1.807) is 0 Å². The maximum absolute atomic E-state index is 5.78. The van der Waals surface area contributed by atoms with Gasteiger partial charge < -0.3 is 15.2 Å². The minimum absolute atomic E-state index is 0.176. The van der Waals surface area contributed by atoms with Gasteiger partial charge in [0, 0.05) is 25.7 Å². The van der Waals surface area contributed by atoms with Gasteiger partial charge in [-0.1, -0.05) is 6.07 Å². The van der Waals surface area contributed by atoms with E-state index >= 15 is 0 Å². The van der Waals surface area contributed by atoms with E-state index in [-0.39, 0.29) is 6.04 Å². The van der Waals surface area contributed by atoms with Crippen LogP contribution in [0, 0.1) is 0 Å². The molecule has 1 rings (SSSR count). The third kappa shape index (κ3) is 5.85. The van der Waals surface area contributed by atoms with Crippen LogP contribution in [0.25, 0.3) is 0 Å². The molecule has 0 aliphatic carbocycles. The predicted octanol–water partition coefficient (Wildman–Crippen LogP) is 3.14. The number of benzene rings is 1. The SMILES string of the molecule is CCOCCCOc1ccc(CC(C)N)cc1Br. The minimum atomic E-state index is 0.176. The highest BCUT2D eigenvalue weighted by Gasteiger charge is 2.04. The van der Waals surface area contributed by atoms with Crippen LogP contribution in [0.4, 0.5) is 0 Å². The van der Waals surface area contributed by atoms with Gasteiger partial charge in [0.05, 0.1) is 11.1 Å². The first-order chi connectivity index (χ1) is 8.63. The average Bonchev–Trinajstić information content (AvgIpc) is 2.30. The molecular formula is C14H22BrNO2. The molecule has 2 N–H and O–H groups in total. The zero-order valence-corrected chi connectivity index (χ0v) is 12.7. The van der Waals surface area contributed by atoms with Gasteiger partial charge in [0.15, 0.2) is 0 Å². The van der Waals surface area contributed by atoms with E-state index in [4.69, 9.17) is 15.2 Å². The first kappa shape index (κ1) is 15.5. The van der Waals surface area contributed by atoms with Crippen LogP contribution in [0.2, 0.25) is 0 Å². The minimum Gasteiger partial charge on any atom is -0.492 e. The predicted molar refractivity (Wildman–Crippen MR) is 78.1 cm³/mol. The monoisotopic (exact) mass is 315 g/mol. The third-order valence-corrected chi connectivity index (χ3v) is 3.07. The Morgan fingerprint density at radius 3 is 2.72 bits per heavy atom. The van der Waals surface area contributed by atoms with Crippen molar-refractivity contribution in [3.05, 3.63) is 28.2 Å². The smallest absolute Gasteiger partial charge is 0.133 e. The fourth-order valence-electron chi connectivity index (χ4n) is 1.65. The van der Waals surface area contributed by atoms with E-state index in [2.05, 4.69) is 28.1 Å². The van der Waals surface area contributed by atoms with Gasteiger partial charge in [-0.05, 0) is 53.9 Å². The van der Waals surface area contributed by atoms with Gasteiger partial charge in [0.1, 0.15) is 5.75 Å². The van der Waals surface area contributed by atoms with Crippen molar-refractivity contribution in [1.29, 1.82) is 0 Å². The summed E-state index contributed by atoms with van der Waals surface area (Å²) in [5, 5.41) is 0. The van der Waals surface area contributed by atoms with Gasteiger partial charge >= 0.3 is 0 Å². The van der Waals surface area contributed by atoms with Gasteiger partial charge in [0.25, 0.3) is 0 Å². The Bertz CT molecular complexity index is 356. The number of hydrogen-bond acceptors (Lipinski definition) is 3. The fraction of sp³-hybridized carbons (Fsp3) is 0.571. The van der Waals surface area contributed by atoms with Crippen LogP contribution in [0.5, 0.6) is 5.75 Å². The normalized spacial score (nSPS) is 12.4. The second-order valence-corrected chi connectivity index (χ2v) is 5.20. The summed E-state index contributed by atoms with van der Waals surface area (Å²) in [5.74, 6) is 0.875. The summed E-state index contributed by atoms with van der Waals surface area (Å²) in [6.07, 6.45) is 1.78. The molecule has 3 nitrogen and oxygen atoms in total. The lowest BCUT2D eigenvalue weighted by molar-refractivity contribution is 0.130. The van der Waals surface area contributed by atoms with E-state index in [1.165, 1.54) is 5.56 Å². The fourth-order valence-corrected chi connectivity index (χ4v) is 2.19. The van der Waals surface area contributed by atoms with Crippen LogP contribution < -0.4 is 10.5 Å². The highest BCUT2D eigenvalue weighted by atomic mass is 79.9. The van der Waals surface area contributed by atoms with Gasteiger partial charge in [-0.2, -0.15) is 0 Å². The molecule has 1 atom stereocenters. The second kappa shape index (κ2) is 8.51. The summed E-state index contributed by atoms with van der Waals surface area (Å²) in [7, 11) is 0. The lowest BCUT2D eigenvalue weighted by atomic mass is 10.1. The average molecular weight is 316 g/mol. The number of ether oxygens (including phenoxy) is 2. The molecule has 1 unspecified atom stereocenters. The Labute approximate surface area is 118 Å². The molecule has 0 heterocycles. The van der Waals surface area contributed by atoms with Gasteiger partial charge in [0.2, 0.25) is 0 Å². The Hall–Kier alpha value is -0.580. The molecule has 0 amide bonds. The molecule has 0 spiro atoms. The van der Waals surface area contributed by atoms with Crippen LogP contribution in [0.3, 0.4) is 0 Å². The standard InChI is InChI=1S/C14H22BrNO2/c1-3-17-7-4-8-18-14-6-5-12(9-11(2)16)10-13(14)15/h5-6,10-11H,3-4,7-9,16H2,1-2H3.